The molecule has 11 nitrogen and oxygen atoms in total. The lowest BCUT2D eigenvalue weighted by atomic mass is 10.00. The fraction of sp³-hybridized carbons (Fsp3) is 0.444. The third kappa shape index (κ3) is 9.81. The number of rotatable bonds is 12. The van der Waals surface area contributed by atoms with Gasteiger partial charge in [0.15, 0.2) is 0 Å². The Kier molecular flexibility index (Phi) is 10.8. The predicted octanol–water partition coefficient (Wildman–Crippen LogP) is 2.86. The number of hydrogen-bond donors (Lipinski definition) is 5. The molecule has 0 spiro atoms. The number of benzene rings is 2. The summed E-state index contributed by atoms with van der Waals surface area (Å²) in [5.41, 5.74) is 0.463. The van der Waals surface area contributed by atoms with Crippen molar-refractivity contribution in [2.75, 3.05) is 0 Å². The number of carbonyl (C=O) groups excluding carboxylic acids is 3. The van der Waals surface area contributed by atoms with Crippen LogP contribution in [-0.2, 0) is 36.6 Å². The fourth-order valence-electron chi connectivity index (χ4n) is 3.87. The zero-order chi connectivity index (χ0) is 28.6. The molecule has 2 aromatic rings. The highest BCUT2D eigenvalue weighted by Gasteiger charge is 2.25. The van der Waals surface area contributed by atoms with E-state index in [1.54, 1.807) is 13.8 Å². The molecule has 0 fully saturated rings. The quantitative estimate of drug-likeness (QED) is 0.200. The number of esters is 3. The van der Waals surface area contributed by atoms with Crippen LogP contribution >= 0.6 is 0 Å². The zero-order valence-electron chi connectivity index (χ0n) is 21.7. The molecule has 0 aliphatic rings. The standard InChI is InChI=1S/C27H34O11/c1-14(28)5-24(33)37-16(3)7-19-11-22(31)13-23(32)26(19)27(35)38-17(4)8-25(34)36-15(2)6-18-9-20(29)12-21(30)10-18/h9-17,28-32H,5-8H2,1-4H3/t14-,15-,16-,17-/m1/s1. The maximum absolute atomic E-state index is 12.9. The third-order valence-corrected chi connectivity index (χ3v) is 5.27. The maximum Gasteiger partial charge on any atom is 0.342 e. The summed E-state index contributed by atoms with van der Waals surface area (Å²) < 4.78 is 15.9. The van der Waals surface area contributed by atoms with E-state index >= 15 is 0 Å². The molecule has 0 unspecified atom stereocenters. The second-order valence-corrected chi connectivity index (χ2v) is 9.34. The molecule has 0 saturated heterocycles. The first kappa shape index (κ1) is 30.2. The number of hydrogen-bond acceptors (Lipinski definition) is 11. The van der Waals surface area contributed by atoms with Gasteiger partial charge in [-0.25, -0.2) is 4.79 Å². The molecule has 2 aromatic carbocycles. The summed E-state index contributed by atoms with van der Waals surface area (Å²) in [5, 5.41) is 48.7. The van der Waals surface area contributed by atoms with Crippen molar-refractivity contribution in [3.63, 3.8) is 0 Å². The molecule has 38 heavy (non-hydrogen) atoms. The van der Waals surface area contributed by atoms with Crippen molar-refractivity contribution in [1.29, 1.82) is 0 Å². The topological polar surface area (TPSA) is 180 Å². The van der Waals surface area contributed by atoms with E-state index < -0.39 is 48.1 Å². The van der Waals surface area contributed by atoms with E-state index in [2.05, 4.69) is 0 Å². The van der Waals surface area contributed by atoms with Gasteiger partial charge in [-0.2, -0.15) is 0 Å². The van der Waals surface area contributed by atoms with Crippen molar-refractivity contribution in [2.24, 2.45) is 0 Å². The molecule has 0 saturated carbocycles. The van der Waals surface area contributed by atoms with Crippen molar-refractivity contribution in [3.8, 4) is 23.0 Å². The largest absolute Gasteiger partial charge is 0.508 e. The second-order valence-electron chi connectivity index (χ2n) is 9.34. The minimum absolute atomic E-state index is 0.0452. The van der Waals surface area contributed by atoms with Crippen molar-refractivity contribution in [3.05, 3.63) is 47.0 Å². The van der Waals surface area contributed by atoms with Gasteiger partial charge >= 0.3 is 17.9 Å². The Labute approximate surface area is 220 Å². The van der Waals surface area contributed by atoms with Gasteiger partial charge in [-0.1, -0.05) is 0 Å². The number of aliphatic hydroxyl groups is 1. The van der Waals surface area contributed by atoms with Crippen LogP contribution in [0.25, 0.3) is 0 Å². The summed E-state index contributed by atoms with van der Waals surface area (Å²) in [5.74, 6) is -3.37. The fourth-order valence-corrected chi connectivity index (χ4v) is 3.87. The lowest BCUT2D eigenvalue weighted by Crippen LogP contribution is -2.25. The molecule has 11 heteroatoms. The van der Waals surface area contributed by atoms with E-state index in [9.17, 15) is 39.9 Å². The first-order chi connectivity index (χ1) is 17.7. The van der Waals surface area contributed by atoms with Crippen LogP contribution in [0.2, 0.25) is 0 Å². The molecule has 0 aromatic heterocycles. The normalized spacial score (nSPS) is 14.1. The van der Waals surface area contributed by atoms with Crippen molar-refractivity contribution in [1.82, 2.24) is 0 Å². The minimum atomic E-state index is -0.955. The molecule has 5 N–H and O–H groups in total. The van der Waals surface area contributed by atoms with Gasteiger partial charge in [0.05, 0.1) is 18.9 Å². The molecule has 0 bridgehead atoms. The van der Waals surface area contributed by atoms with E-state index in [0.717, 1.165) is 6.07 Å². The van der Waals surface area contributed by atoms with E-state index in [0.29, 0.717) is 5.56 Å². The number of carbonyl (C=O) groups is 3. The number of aromatic hydroxyl groups is 4. The van der Waals surface area contributed by atoms with Crippen LogP contribution in [0.15, 0.2) is 30.3 Å². The van der Waals surface area contributed by atoms with Crippen LogP contribution in [-0.4, -0.2) is 67.9 Å². The summed E-state index contributed by atoms with van der Waals surface area (Å²) >= 11 is 0. The lowest BCUT2D eigenvalue weighted by Gasteiger charge is -2.19. The predicted molar refractivity (Wildman–Crippen MR) is 134 cm³/mol. The first-order valence-electron chi connectivity index (χ1n) is 12.1. The van der Waals surface area contributed by atoms with Gasteiger partial charge in [-0.3, -0.25) is 9.59 Å². The van der Waals surface area contributed by atoms with Crippen LogP contribution in [0.5, 0.6) is 23.0 Å². The Balaban J connectivity index is 2.00. The van der Waals surface area contributed by atoms with Crippen LogP contribution < -0.4 is 0 Å². The van der Waals surface area contributed by atoms with E-state index in [4.69, 9.17) is 14.2 Å². The number of ether oxygens (including phenoxy) is 3. The van der Waals surface area contributed by atoms with Gasteiger partial charge < -0.3 is 39.7 Å². The molecule has 0 aliphatic heterocycles. The van der Waals surface area contributed by atoms with Gasteiger partial charge in [0.25, 0.3) is 0 Å². The smallest absolute Gasteiger partial charge is 0.342 e. The Bertz CT molecular complexity index is 1120. The molecule has 0 heterocycles. The molecule has 0 amide bonds. The summed E-state index contributed by atoms with van der Waals surface area (Å²) in [7, 11) is 0. The Morgan fingerprint density at radius 2 is 1.21 bits per heavy atom. The van der Waals surface area contributed by atoms with Crippen LogP contribution in [0.3, 0.4) is 0 Å². The molecular weight excluding hydrogens is 500 g/mol. The maximum atomic E-state index is 12.9. The van der Waals surface area contributed by atoms with Crippen molar-refractivity contribution < 1.29 is 54.1 Å². The SMILES string of the molecule is C[C@H](Cc1cc(O)cc(O)c1)OC(=O)C[C@@H](C)OC(=O)c1c(O)cc(O)cc1C[C@@H](C)OC(=O)C[C@@H](C)O. The van der Waals surface area contributed by atoms with E-state index in [1.165, 1.54) is 38.1 Å². The monoisotopic (exact) mass is 534 g/mol. The number of phenolic OH excluding ortho intramolecular Hbond substituents is 4. The average molecular weight is 535 g/mol. The number of phenols is 4. The lowest BCUT2D eigenvalue weighted by molar-refractivity contribution is -0.151. The molecular formula is C27H34O11. The summed E-state index contributed by atoms with van der Waals surface area (Å²) in [6.07, 6.45) is -3.50. The molecule has 4 atom stereocenters. The average Bonchev–Trinajstić information content (AvgIpc) is 2.70. The summed E-state index contributed by atoms with van der Waals surface area (Å²) in [6.45, 7) is 6.08. The van der Waals surface area contributed by atoms with Crippen molar-refractivity contribution in [2.45, 2.75) is 77.8 Å². The first-order valence-corrected chi connectivity index (χ1v) is 12.1. The van der Waals surface area contributed by atoms with Gasteiger partial charge in [0.2, 0.25) is 0 Å². The molecule has 208 valence electrons. The Hall–Kier alpha value is -3.99. The van der Waals surface area contributed by atoms with E-state index in [1.807, 2.05) is 0 Å². The van der Waals surface area contributed by atoms with Crippen LogP contribution in [0.4, 0.5) is 0 Å². The second kappa shape index (κ2) is 13.5. The highest BCUT2D eigenvalue weighted by atomic mass is 16.6. The molecule has 0 radical (unpaired) electrons. The Morgan fingerprint density at radius 3 is 1.79 bits per heavy atom. The van der Waals surface area contributed by atoms with Crippen molar-refractivity contribution >= 4 is 17.9 Å². The molecule has 2 rings (SSSR count). The van der Waals surface area contributed by atoms with Crippen LogP contribution in [0.1, 0.15) is 62.0 Å². The van der Waals surface area contributed by atoms with Crippen LogP contribution in [0, 0.1) is 0 Å². The Morgan fingerprint density at radius 1 is 0.684 bits per heavy atom. The van der Waals surface area contributed by atoms with Gasteiger partial charge in [0.1, 0.15) is 46.9 Å². The summed E-state index contributed by atoms with van der Waals surface area (Å²) in [4.78, 5) is 37.0. The third-order valence-electron chi connectivity index (χ3n) is 5.27. The van der Waals surface area contributed by atoms with E-state index in [-0.39, 0.29) is 54.1 Å². The van der Waals surface area contributed by atoms with Gasteiger partial charge in [-0.15, -0.1) is 0 Å². The minimum Gasteiger partial charge on any atom is -0.508 e. The van der Waals surface area contributed by atoms with Gasteiger partial charge in [0, 0.05) is 25.0 Å². The summed E-state index contributed by atoms with van der Waals surface area (Å²) in [6, 6.07) is 6.24. The van der Waals surface area contributed by atoms with Gasteiger partial charge in [-0.05, 0) is 57.0 Å². The zero-order valence-corrected chi connectivity index (χ0v) is 21.7. The number of aliphatic hydroxyl groups excluding tert-OH is 1. The molecule has 0 aliphatic carbocycles. The highest BCUT2D eigenvalue weighted by molar-refractivity contribution is 5.94. The highest BCUT2D eigenvalue weighted by Crippen LogP contribution is 2.30.